The van der Waals surface area contributed by atoms with Crippen molar-refractivity contribution >= 4 is 39.2 Å². The van der Waals surface area contributed by atoms with Crippen LogP contribution in [0.5, 0.6) is 11.5 Å². The Morgan fingerprint density at radius 2 is 2.00 bits per heavy atom. The highest BCUT2D eigenvalue weighted by Gasteiger charge is 2.25. The molecule has 0 amide bonds. The van der Waals surface area contributed by atoms with E-state index in [-0.39, 0.29) is 0 Å². The maximum atomic E-state index is 11.5. The number of thioether (sulfide) groups is 1. The van der Waals surface area contributed by atoms with E-state index in [0.717, 1.165) is 26.7 Å². The first-order valence-corrected chi connectivity index (χ1v) is 8.49. The van der Waals surface area contributed by atoms with Crippen molar-refractivity contribution in [3.63, 3.8) is 0 Å². The molecule has 112 valence electrons. The highest BCUT2D eigenvalue weighted by Crippen LogP contribution is 2.45. The lowest BCUT2D eigenvalue weighted by Gasteiger charge is -2.08. The third-order valence-corrected chi connectivity index (χ3v) is 6.12. The summed E-state index contributed by atoms with van der Waals surface area (Å²) in [5.41, 5.74) is 0. The molecule has 0 unspecified atom stereocenters. The molecular formula is C15H16O4S2. The predicted molar refractivity (Wildman–Crippen MR) is 85.3 cm³/mol. The van der Waals surface area contributed by atoms with Crippen LogP contribution in [-0.2, 0) is 0 Å². The minimum absolute atomic E-state index is 0.408. The van der Waals surface area contributed by atoms with Crippen LogP contribution < -0.4 is 9.47 Å². The Morgan fingerprint density at radius 3 is 2.57 bits per heavy atom. The largest absolute Gasteiger partial charge is 0.493 e. The topological polar surface area (TPSA) is 55.8 Å². The molecule has 0 atom stereocenters. The van der Waals surface area contributed by atoms with E-state index in [1.54, 1.807) is 26.0 Å². The van der Waals surface area contributed by atoms with Gasteiger partial charge < -0.3 is 14.6 Å². The molecule has 0 saturated heterocycles. The quantitative estimate of drug-likeness (QED) is 0.810. The molecule has 1 fully saturated rings. The molecule has 1 aromatic carbocycles. The second-order valence-corrected chi connectivity index (χ2v) is 7.11. The lowest BCUT2D eigenvalue weighted by molar-refractivity contribution is 0.0699. The number of thiophene rings is 1. The summed E-state index contributed by atoms with van der Waals surface area (Å²) in [6.45, 7) is 0. The minimum atomic E-state index is -0.868. The molecule has 21 heavy (non-hydrogen) atoms. The fourth-order valence-corrected chi connectivity index (χ4v) is 4.76. The summed E-state index contributed by atoms with van der Waals surface area (Å²) >= 11 is 2.94. The van der Waals surface area contributed by atoms with Crippen molar-refractivity contribution in [2.24, 2.45) is 5.92 Å². The fraction of sp³-hybridized carbons (Fsp3) is 0.400. The molecule has 1 heterocycles. The average molecular weight is 324 g/mol. The maximum Gasteiger partial charge on any atom is 0.347 e. The van der Waals surface area contributed by atoms with Gasteiger partial charge in [-0.2, -0.15) is 0 Å². The first-order chi connectivity index (χ1) is 10.1. The molecule has 0 radical (unpaired) electrons. The Kier molecular flexibility index (Phi) is 3.99. The molecule has 3 rings (SSSR count). The molecule has 0 aliphatic heterocycles. The summed E-state index contributed by atoms with van der Waals surface area (Å²) in [6, 6.07) is 3.73. The number of ether oxygens (including phenoxy) is 2. The minimum Gasteiger partial charge on any atom is -0.493 e. The van der Waals surface area contributed by atoms with Crippen LogP contribution in [0.15, 0.2) is 17.0 Å². The van der Waals surface area contributed by atoms with Crippen molar-refractivity contribution in [1.29, 1.82) is 0 Å². The molecule has 6 heteroatoms. The Bertz CT molecular complexity index is 689. The van der Waals surface area contributed by atoms with Crippen molar-refractivity contribution in [1.82, 2.24) is 0 Å². The van der Waals surface area contributed by atoms with E-state index in [0.29, 0.717) is 16.4 Å². The second-order valence-electron chi connectivity index (χ2n) is 5.02. The number of fused-ring (bicyclic) bond motifs is 1. The molecule has 1 aliphatic carbocycles. The first-order valence-electron chi connectivity index (χ1n) is 6.68. The number of benzene rings is 1. The Labute approximate surface area is 131 Å². The summed E-state index contributed by atoms with van der Waals surface area (Å²) < 4.78 is 11.5. The molecule has 0 spiro atoms. The summed E-state index contributed by atoms with van der Waals surface area (Å²) in [7, 11) is 3.17. The van der Waals surface area contributed by atoms with Gasteiger partial charge in [-0.3, -0.25) is 0 Å². The van der Waals surface area contributed by atoms with E-state index in [1.165, 1.54) is 24.2 Å². The molecule has 4 nitrogen and oxygen atoms in total. The van der Waals surface area contributed by atoms with Crippen molar-refractivity contribution in [3.8, 4) is 11.5 Å². The number of rotatable bonds is 6. The van der Waals surface area contributed by atoms with Crippen LogP contribution >= 0.6 is 23.1 Å². The van der Waals surface area contributed by atoms with Crippen molar-refractivity contribution in [2.45, 2.75) is 17.7 Å². The van der Waals surface area contributed by atoms with Crippen LogP contribution in [0.2, 0.25) is 0 Å². The third-order valence-electron chi connectivity index (χ3n) is 3.50. The number of carboxylic acid groups (broad SMARTS) is 1. The highest BCUT2D eigenvalue weighted by atomic mass is 32.2. The zero-order valence-electron chi connectivity index (χ0n) is 11.8. The van der Waals surface area contributed by atoms with Gasteiger partial charge in [-0.1, -0.05) is 0 Å². The molecule has 1 N–H and O–H groups in total. The lowest BCUT2D eigenvalue weighted by Crippen LogP contribution is -1.95. The Hall–Kier alpha value is -1.40. The fourth-order valence-electron chi connectivity index (χ4n) is 2.17. The first kappa shape index (κ1) is 14.5. The lowest BCUT2D eigenvalue weighted by atomic mass is 10.2. The van der Waals surface area contributed by atoms with Crippen LogP contribution in [-0.4, -0.2) is 31.0 Å². The molecule has 1 aliphatic rings. The highest BCUT2D eigenvalue weighted by molar-refractivity contribution is 7.99. The van der Waals surface area contributed by atoms with Gasteiger partial charge in [0.05, 0.1) is 14.2 Å². The van der Waals surface area contributed by atoms with E-state index in [1.807, 2.05) is 12.1 Å². The van der Waals surface area contributed by atoms with Gasteiger partial charge in [0, 0.05) is 26.8 Å². The summed E-state index contributed by atoms with van der Waals surface area (Å²) in [6.07, 6.45) is 2.52. The SMILES string of the molecule is COc1cc2sc(C(=O)O)c(SCC3CC3)c2cc1OC. The Morgan fingerprint density at radius 1 is 1.33 bits per heavy atom. The van der Waals surface area contributed by atoms with E-state index in [2.05, 4.69) is 0 Å². The van der Waals surface area contributed by atoms with Crippen molar-refractivity contribution in [3.05, 3.63) is 17.0 Å². The summed E-state index contributed by atoms with van der Waals surface area (Å²) in [5.74, 6) is 2.12. The third kappa shape index (κ3) is 2.82. The predicted octanol–water partition coefficient (Wildman–Crippen LogP) is 4.12. The second kappa shape index (κ2) is 5.77. The van der Waals surface area contributed by atoms with E-state index in [9.17, 15) is 9.90 Å². The number of hydrogen-bond donors (Lipinski definition) is 1. The van der Waals surface area contributed by atoms with Gasteiger partial charge in [0.1, 0.15) is 4.88 Å². The van der Waals surface area contributed by atoms with Crippen LogP contribution in [0.3, 0.4) is 0 Å². The number of aromatic carboxylic acids is 1. The number of methoxy groups -OCH3 is 2. The normalized spacial score (nSPS) is 14.4. The van der Waals surface area contributed by atoms with Gasteiger partial charge in [-0.25, -0.2) is 4.79 Å². The van der Waals surface area contributed by atoms with Gasteiger partial charge in [-0.15, -0.1) is 23.1 Å². The van der Waals surface area contributed by atoms with Gasteiger partial charge in [0.2, 0.25) is 0 Å². The Balaban J connectivity index is 2.10. The van der Waals surface area contributed by atoms with Crippen LogP contribution in [0.4, 0.5) is 0 Å². The molecular weight excluding hydrogens is 308 g/mol. The van der Waals surface area contributed by atoms with E-state index < -0.39 is 5.97 Å². The van der Waals surface area contributed by atoms with Crippen LogP contribution in [0.1, 0.15) is 22.5 Å². The van der Waals surface area contributed by atoms with Gasteiger partial charge in [0.15, 0.2) is 11.5 Å². The average Bonchev–Trinajstić information content (AvgIpc) is 3.24. The van der Waals surface area contributed by atoms with Crippen LogP contribution in [0.25, 0.3) is 10.1 Å². The zero-order valence-corrected chi connectivity index (χ0v) is 13.5. The van der Waals surface area contributed by atoms with Gasteiger partial charge in [-0.05, 0) is 24.8 Å². The number of carbonyl (C=O) groups is 1. The monoisotopic (exact) mass is 324 g/mol. The number of hydrogen-bond acceptors (Lipinski definition) is 5. The molecule has 0 bridgehead atoms. The number of carboxylic acids is 1. The van der Waals surface area contributed by atoms with E-state index >= 15 is 0 Å². The smallest absolute Gasteiger partial charge is 0.347 e. The van der Waals surface area contributed by atoms with Crippen molar-refractivity contribution in [2.75, 3.05) is 20.0 Å². The summed E-state index contributed by atoms with van der Waals surface area (Å²) in [5, 5.41) is 10.4. The van der Waals surface area contributed by atoms with Crippen LogP contribution in [0, 0.1) is 5.92 Å². The van der Waals surface area contributed by atoms with Gasteiger partial charge in [0.25, 0.3) is 0 Å². The van der Waals surface area contributed by atoms with Gasteiger partial charge >= 0.3 is 5.97 Å². The van der Waals surface area contributed by atoms with E-state index in [4.69, 9.17) is 9.47 Å². The maximum absolute atomic E-state index is 11.5. The van der Waals surface area contributed by atoms with Crippen molar-refractivity contribution < 1.29 is 19.4 Å². The summed E-state index contributed by atoms with van der Waals surface area (Å²) in [4.78, 5) is 12.8. The zero-order chi connectivity index (χ0) is 15.0. The molecule has 2 aromatic rings. The molecule has 1 aromatic heterocycles. The molecule has 1 saturated carbocycles. The standard InChI is InChI=1S/C15H16O4S2/c1-18-10-5-9-12(6-11(10)19-2)21-14(15(16)17)13(9)20-7-8-3-4-8/h5-6,8H,3-4,7H2,1-2H3,(H,16,17).